The molecule has 6 heteroatoms. The van der Waals surface area contributed by atoms with Gasteiger partial charge in [0, 0.05) is 13.0 Å². The van der Waals surface area contributed by atoms with Crippen molar-refractivity contribution >= 4 is 17.3 Å². The third kappa shape index (κ3) is 1.95. The van der Waals surface area contributed by atoms with Crippen LogP contribution in [0, 0.1) is 17.6 Å². The van der Waals surface area contributed by atoms with Crippen molar-refractivity contribution in [3.8, 4) is 0 Å². The van der Waals surface area contributed by atoms with E-state index in [1.165, 1.54) is 11.0 Å². The molecule has 0 radical (unpaired) electrons. The van der Waals surface area contributed by atoms with Crippen molar-refractivity contribution in [2.45, 2.75) is 6.42 Å². The average molecular weight is 241 g/mol. The SMILES string of the molecule is NCC1CC(=O)N(c2c(N)ccc(F)c2F)C1. The first-order valence-electron chi connectivity index (χ1n) is 5.28. The van der Waals surface area contributed by atoms with Crippen molar-refractivity contribution in [2.24, 2.45) is 11.7 Å². The Morgan fingerprint density at radius 1 is 1.41 bits per heavy atom. The van der Waals surface area contributed by atoms with Gasteiger partial charge in [-0.15, -0.1) is 0 Å². The average Bonchev–Trinajstić information content (AvgIpc) is 2.66. The Morgan fingerprint density at radius 3 is 2.71 bits per heavy atom. The summed E-state index contributed by atoms with van der Waals surface area (Å²) < 4.78 is 26.8. The summed E-state index contributed by atoms with van der Waals surface area (Å²) in [5, 5.41) is 0. The molecule has 1 atom stereocenters. The van der Waals surface area contributed by atoms with Crippen LogP contribution in [0.5, 0.6) is 0 Å². The van der Waals surface area contributed by atoms with Crippen LogP contribution in [0.25, 0.3) is 0 Å². The molecule has 1 unspecified atom stereocenters. The van der Waals surface area contributed by atoms with E-state index >= 15 is 0 Å². The molecule has 1 fully saturated rings. The Bertz CT molecular complexity index is 464. The molecule has 0 spiro atoms. The number of hydrogen-bond acceptors (Lipinski definition) is 3. The first-order chi connectivity index (χ1) is 8.04. The Balaban J connectivity index is 2.41. The smallest absolute Gasteiger partial charge is 0.227 e. The Labute approximate surface area is 97.2 Å². The molecule has 0 saturated carbocycles. The quantitative estimate of drug-likeness (QED) is 0.754. The maximum Gasteiger partial charge on any atom is 0.227 e. The van der Waals surface area contributed by atoms with E-state index in [4.69, 9.17) is 11.5 Å². The molecule has 92 valence electrons. The molecule has 1 amide bonds. The second kappa shape index (κ2) is 4.29. The molecule has 2 rings (SSSR count). The Kier molecular flexibility index (Phi) is 2.97. The first-order valence-corrected chi connectivity index (χ1v) is 5.28. The summed E-state index contributed by atoms with van der Waals surface area (Å²) in [6, 6.07) is 2.19. The molecular formula is C11H13F2N3O. The van der Waals surface area contributed by atoms with Crippen LogP contribution < -0.4 is 16.4 Å². The summed E-state index contributed by atoms with van der Waals surface area (Å²) in [7, 11) is 0. The minimum atomic E-state index is -1.09. The monoisotopic (exact) mass is 241 g/mol. The van der Waals surface area contributed by atoms with Crippen LogP contribution >= 0.6 is 0 Å². The fourth-order valence-electron chi connectivity index (χ4n) is 1.98. The van der Waals surface area contributed by atoms with Gasteiger partial charge in [0.25, 0.3) is 0 Å². The molecule has 4 N–H and O–H groups in total. The maximum absolute atomic E-state index is 13.6. The number of halogens is 2. The van der Waals surface area contributed by atoms with Gasteiger partial charge < -0.3 is 16.4 Å². The van der Waals surface area contributed by atoms with Crippen molar-refractivity contribution in [3.05, 3.63) is 23.8 Å². The molecule has 1 aliphatic heterocycles. The number of carbonyl (C=O) groups is 1. The lowest BCUT2D eigenvalue weighted by atomic mass is 10.1. The van der Waals surface area contributed by atoms with Gasteiger partial charge in [0.05, 0.1) is 5.69 Å². The van der Waals surface area contributed by atoms with Gasteiger partial charge in [0.2, 0.25) is 5.91 Å². The van der Waals surface area contributed by atoms with Gasteiger partial charge in [-0.1, -0.05) is 0 Å². The lowest BCUT2D eigenvalue weighted by Crippen LogP contribution is -2.28. The fourth-order valence-corrected chi connectivity index (χ4v) is 1.98. The number of anilines is 2. The zero-order valence-corrected chi connectivity index (χ0v) is 9.12. The van der Waals surface area contributed by atoms with E-state index in [2.05, 4.69) is 0 Å². The van der Waals surface area contributed by atoms with Crippen LogP contribution in [0.4, 0.5) is 20.2 Å². The number of carbonyl (C=O) groups excluding carboxylic acids is 1. The number of hydrogen-bond donors (Lipinski definition) is 2. The highest BCUT2D eigenvalue weighted by Crippen LogP contribution is 2.33. The van der Waals surface area contributed by atoms with Gasteiger partial charge in [-0.3, -0.25) is 4.79 Å². The fraction of sp³-hybridized carbons (Fsp3) is 0.364. The van der Waals surface area contributed by atoms with Gasteiger partial charge in [-0.25, -0.2) is 8.78 Å². The van der Waals surface area contributed by atoms with Crippen molar-refractivity contribution in [1.82, 2.24) is 0 Å². The van der Waals surface area contributed by atoms with E-state index in [9.17, 15) is 13.6 Å². The van der Waals surface area contributed by atoms with Crippen LogP contribution in [0.15, 0.2) is 12.1 Å². The van der Waals surface area contributed by atoms with Crippen molar-refractivity contribution in [3.63, 3.8) is 0 Å². The van der Waals surface area contributed by atoms with Crippen LogP contribution in [0.2, 0.25) is 0 Å². The van der Waals surface area contributed by atoms with Crippen LogP contribution in [0.1, 0.15) is 6.42 Å². The van der Waals surface area contributed by atoms with Gasteiger partial charge >= 0.3 is 0 Å². The molecule has 1 heterocycles. The number of nitrogens with zero attached hydrogens (tertiary/aromatic N) is 1. The van der Waals surface area contributed by atoms with Gasteiger partial charge in [-0.2, -0.15) is 0 Å². The molecule has 1 aromatic rings. The predicted molar refractivity (Wildman–Crippen MR) is 60.3 cm³/mol. The molecule has 0 aliphatic carbocycles. The van der Waals surface area contributed by atoms with Crippen molar-refractivity contribution < 1.29 is 13.6 Å². The minimum absolute atomic E-state index is 0.0374. The van der Waals surface area contributed by atoms with Crippen molar-refractivity contribution in [1.29, 1.82) is 0 Å². The summed E-state index contributed by atoms with van der Waals surface area (Å²) in [6.45, 7) is 0.610. The summed E-state index contributed by atoms with van der Waals surface area (Å²) in [6.07, 6.45) is 0.242. The third-order valence-corrected chi connectivity index (χ3v) is 2.91. The van der Waals surface area contributed by atoms with E-state index in [1.807, 2.05) is 0 Å². The molecule has 1 aromatic carbocycles. The normalized spacial score (nSPS) is 20.1. The van der Waals surface area contributed by atoms with Crippen LogP contribution in [0.3, 0.4) is 0 Å². The molecule has 4 nitrogen and oxygen atoms in total. The van der Waals surface area contributed by atoms with Crippen LogP contribution in [-0.2, 0) is 4.79 Å². The number of amides is 1. The lowest BCUT2D eigenvalue weighted by Gasteiger charge is -2.19. The molecule has 0 bridgehead atoms. The predicted octanol–water partition coefficient (Wildman–Crippen LogP) is 0.859. The maximum atomic E-state index is 13.6. The third-order valence-electron chi connectivity index (χ3n) is 2.91. The van der Waals surface area contributed by atoms with Crippen LogP contribution in [-0.4, -0.2) is 19.0 Å². The van der Waals surface area contributed by atoms with E-state index in [0.717, 1.165) is 6.07 Å². The number of nitrogen functional groups attached to an aromatic ring is 1. The number of benzene rings is 1. The summed E-state index contributed by atoms with van der Waals surface area (Å²) in [5.74, 6) is -2.42. The highest BCUT2D eigenvalue weighted by atomic mass is 19.2. The molecule has 1 aliphatic rings. The van der Waals surface area contributed by atoms with E-state index in [1.54, 1.807) is 0 Å². The highest BCUT2D eigenvalue weighted by molar-refractivity contribution is 5.98. The Morgan fingerprint density at radius 2 is 2.12 bits per heavy atom. The Hall–Kier alpha value is -1.69. The molecule has 0 aromatic heterocycles. The zero-order chi connectivity index (χ0) is 12.6. The second-order valence-corrected chi connectivity index (χ2v) is 4.11. The topological polar surface area (TPSA) is 72.4 Å². The summed E-state index contributed by atoms with van der Waals surface area (Å²) in [4.78, 5) is 12.9. The van der Waals surface area contributed by atoms with Crippen molar-refractivity contribution in [2.75, 3.05) is 23.7 Å². The number of nitrogens with two attached hydrogens (primary N) is 2. The zero-order valence-electron chi connectivity index (χ0n) is 9.12. The molecular weight excluding hydrogens is 228 g/mol. The standard InChI is InChI=1S/C11H13F2N3O/c12-7-1-2-8(15)11(10(7)13)16-5-6(4-14)3-9(16)17/h1-2,6H,3-5,14-15H2. The lowest BCUT2D eigenvalue weighted by molar-refractivity contribution is -0.117. The minimum Gasteiger partial charge on any atom is -0.397 e. The number of rotatable bonds is 2. The summed E-state index contributed by atoms with van der Waals surface area (Å²) in [5.41, 5.74) is 10.9. The first kappa shape index (κ1) is 11.8. The van der Waals surface area contributed by atoms with E-state index in [-0.39, 0.29) is 36.2 Å². The second-order valence-electron chi connectivity index (χ2n) is 4.11. The van der Waals surface area contributed by atoms with E-state index in [0.29, 0.717) is 6.54 Å². The molecule has 17 heavy (non-hydrogen) atoms. The molecule has 1 saturated heterocycles. The van der Waals surface area contributed by atoms with E-state index < -0.39 is 11.6 Å². The highest BCUT2D eigenvalue weighted by Gasteiger charge is 2.33. The van der Waals surface area contributed by atoms with Gasteiger partial charge in [0.1, 0.15) is 5.69 Å². The van der Waals surface area contributed by atoms with Gasteiger partial charge in [0.15, 0.2) is 11.6 Å². The largest absolute Gasteiger partial charge is 0.397 e. The summed E-state index contributed by atoms with van der Waals surface area (Å²) >= 11 is 0. The van der Waals surface area contributed by atoms with Gasteiger partial charge in [-0.05, 0) is 24.6 Å².